The summed E-state index contributed by atoms with van der Waals surface area (Å²) < 4.78 is 4.48. The smallest absolute Gasteiger partial charge is 0.254 e. The van der Waals surface area contributed by atoms with E-state index in [1.54, 1.807) is 31.4 Å². The van der Waals surface area contributed by atoms with E-state index in [0.717, 1.165) is 22.3 Å². The molecule has 5 rings (SSSR count). The van der Waals surface area contributed by atoms with E-state index in [0.29, 0.717) is 12.2 Å². The van der Waals surface area contributed by atoms with Gasteiger partial charge in [-0.3, -0.25) is 19.2 Å². The maximum Gasteiger partial charge on any atom is 0.254 e. The van der Waals surface area contributed by atoms with E-state index < -0.39 is 58.8 Å². The number of amides is 4. The summed E-state index contributed by atoms with van der Waals surface area (Å²) in [5.74, 6) is -0.963. The van der Waals surface area contributed by atoms with Gasteiger partial charge in [-0.05, 0) is 60.9 Å². The third-order valence-electron chi connectivity index (χ3n) is 9.35. The Morgan fingerprint density at radius 1 is 0.980 bits per heavy atom. The lowest BCUT2D eigenvalue weighted by atomic mass is 9.96. The molecule has 1 heterocycles. The first kappa shape index (κ1) is 38.2. The van der Waals surface area contributed by atoms with Crippen LogP contribution >= 0.6 is 23.5 Å². The molecule has 3 aromatic carbocycles. The molecular formula is C38H46N4O7S2. The fourth-order valence-electron chi connectivity index (χ4n) is 6.65. The normalized spacial score (nSPS) is 20.8. The number of methoxy groups -OCH3 is 1. The van der Waals surface area contributed by atoms with Crippen molar-refractivity contribution in [1.29, 1.82) is 0 Å². The highest BCUT2D eigenvalue weighted by Gasteiger charge is 2.51. The minimum atomic E-state index is -1.71. The summed E-state index contributed by atoms with van der Waals surface area (Å²) in [4.78, 5) is 56.3. The molecule has 51 heavy (non-hydrogen) atoms. The summed E-state index contributed by atoms with van der Waals surface area (Å²) in [5, 5.41) is 31.2. The third kappa shape index (κ3) is 9.26. The number of rotatable bonds is 14. The van der Waals surface area contributed by atoms with Gasteiger partial charge in [0.05, 0.1) is 37.6 Å². The van der Waals surface area contributed by atoms with Gasteiger partial charge in [-0.25, -0.2) is 0 Å². The van der Waals surface area contributed by atoms with Gasteiger partial charge in [-0.2, -0.15) is 11.8 Å². The summed E-state index contributed by atoms with van der Waals surface area (Å²) in [6.07, 6.45) is -0.122. The number of thioether (sulfide) groups is 2. The molecule has 1 fully saturated rings. The zero-order valence-electron chi connectivity index (χ0n) is 29.2. The minimum absolute atomic E-state index is 0.0477. The monoisotopic (exact) mass is 734 g/mol. The maximum atomic E-state index is 14.2. The fraction of sp³-hybridized carbons (Fsp3) is 0.421. The molecule has 4 amide bonds. The highest BCUT2D eigenvalue weighted by Crippen LogP contribution is 2.41. The Bertz CT molecular complexity index is 1690. The zero-order valence-corrected chi connectivity index (χ0v) is 30.8. The van der Waals surface area contributed by atoms with E-state index in [1.807, 2.05) is 74.7 Å². The quantitative estimate of drug-likeness (QED) is 0.168. The Balaban J connectivity index is 1.32. The number of nitrogens with one attached hydrogen (secondary N) is 3. The molecule has 0 saturated carbocycles. The topological polar surface area (TPSA) is 157 Å². The molecule has 3 aromatic rings. The van der Waals surface area contributed by atoms with Crippen LogP contribution in [-0.4, -0.2) is 98.8 Å². The van der Waals surface area contributed by atoms with E-state index in [4.69, 9.17) is 4.74 Å². The van der Waals surface area contributed by atoms with Crippen LogP contribution < -0.4 is 20.7 Å². The first-order chi connectivity index (χ1) is 24.4. The first-order valence-corrected chi connectivity index (χ1v) is 19.2. The Labute approximate surface area is 307 Å². The molecule has 272 valence electrons. The van der Waals surface area contributed by atoms with E-state index in [2.05, 4.69) is 16.0 Å². The SMILES string of the molecule is COc1ccc(CC(=O)N[C@@H](CSC)C(=O)N[C@@H](Cc2ccccc2)[C@H](O)C(=O)N2CSC(C)(C)[C@H]2C(=O)N[C@H]2c3ccccc3C[C@H]2O)cc1. The van der Waals surface area contributed by atoms with Gasteiger partial charge in [0.25, 0.3) is 5.91 Å². The van der Waals surface area contributed by atoms with Crippen LogP contribution in [0.3, 0.4) is 0 Å². The van der Waals surface area contributed by atoms with Gasteiger partial charge in [0.1, 0.15) is 17.8 Å². The van der Waals surface area contributed by atoms with Crippen molar-refractivity contribution >= 4 is 47.2 Å². The lowest BCUT2D eigenvalue weighted by Crippen LogP contribution is -2.60. The van der Waals surface area contributed by atoms with Gasteiger partial charge in [0.15, 0.2) is 6.10 Å². The van der Waals surface area contributed by atoms with E-state index in [9.17, 15) is 29.4 Å². The third-order valence-corrected chi connectivity index (χ3v) is 11.4. The van der Waals surface area contributed by atoms with Crippen molar-refractivity contribution in [1.82, 2.24) is 20.9 Å². The van der Waals surface area contributed by atoms with Gasteiger partial charge in [-0.15, -0.1) is 11.8 Å². The van der Waals surface area contributed by atoms with Gasteiger partial charge < -0.3 is 35.8 Å². The molecular weight excluding hydrogens is 689 g/mol. The number of benzene rings is 3. The lowest BCUT2D eigenvalue weighted by Gasteiger charge is -2.34. The second kappa shape index (κ2) is 17.0. The number of aliphatic hydroxyl groups is 2. The number of fused-ring (bicyclic) bond motifs is 1. The molecule has 0 spiro atoms. The van der Waals surface area contributed by atoms with Crippen molar-refractivity contribution < 1.29 is 34.1 Å². The molecule has 6 atom stereocenters. The molecule has 1 saturated heterocycles. The zero-order chi connectivity index (χ0) is 36.7. The molecule has 1 aliphatic carbocycles. The summed E-state index contributed by atoms with van der Waals surface area (Å²) in [7, 11) is 1.56. The second-order valence-corrected chi connectivity index (χ2v) is 15.9. The largest absolute Gasteiger partial charge is 0.497 e. The maximum absolute atomic E-state index is 14.2. The predicted octanol–water partition coefficient (Wildman–Crippen LogP) is 2.63. The number of carbonyl (C=O) groups is 4. The van der Waals surface area contributed by atoms with E-state index >= 15 is 0 Å². The van der Waals surface area contributed by atoms with Crippen molar-refractivity contribution in [3.8, 4) is 5.75 Å². The highest BCUT2D eigenvalue weighted by atomic mass is 32.2. The van der Waals surface area contributed by atoms with Crippen molar-refractivity contribution in [2.45, 2.75) is 74.2 Å². The predicted molar refractivity (Wildman–Crippen MR) is 199 cm³/mol. The lowest BCUT2D eigenvalue weighted by molar-refractivity contribution is -0.148. The number of hydrogen-bond acceptors (Lipinski definition) is 9. The molecule has 0 aromatic heterocycles. The fourth-order valence-corrected chi connectivity index (χ4v) is 8.36. The van der Waals surface area contributed by atoms with Crippen LogP contribution in [0.2, 0.25) is 0 Å². The summed E-state index contributed by atoms with van der Waals surface area (Å²) in [5.41, 5.74) is 3.31. The highest BCUT2D eigenvalue weighted by molar-refractivity contribution is 8.00. The Morgan fingerprint density at radius 2 is 1.67 bits per heavy atom. The Hall–Kier alpha value is -4.04. The Morgan fingerprint density at radius 3 is 2.35 bits per heavy atom. The molecule has 2 aliphatic rings. The van der Waals surface area contributed by atoms with Gasteiger partial charge in [0, 0.05) is 16.9 Å². The van der Waals surface area contributed by atoms with Crippen LogP contribution in [-0.2, 0) is 38.4 Å². The first-order valence-electron chi connectivity index (χ1n) is 16.9. The van der Waals surface area contributed by atoms with Crippen molar-refractivity contribution in [2.24, 2.45) is 0 Å². The summed E-state index contributed by atoms with van der Waals surface area (Å²) in [6, 6.07) is 20.2. The Kier molecular flexibility index (Phi) is 12.7. The van der Waals surface area contributed by atoms with Crippen LogP contribution in [0.5, 0.6) is 5.75 Å². The summed E-state index contributed by atoms with van der Waals surface area (Å²) >= 11 is 2.79. The van der Waals surface area contributed by atoms with Crippen molar-refractivity contribution in [2.75, 3.05) is 25.0 Å². The van der Waals surface area contributed by atoms with Crippen LogP contribution in [0.4, 0.5) is 0 Å². The number of ether oxygens (including phenoxy) is 1. The van der Waals surface area contributed by atoms with Crippen molar-refractivity contribution in [3.05, 3.63) is 101 Å². The van der Waals surface area contributed by atoms with Crippen LogP contribution in [0.25, 0.3) is 0 Å². The number of carbonyl (C=O) groups excluding carboxylic acids is 4. The second-order valence-electron chi connectivity index (χ2n) is 13.4. The van der Waals surface area contributed by atoms with Crippen LogP contribution in [0.15, 0.2) is 78.9 Å². The van der Waals surface area contributed by atoms with E-state index in [-0.39, 0.29) is 30.4 Å². The van der Waals surface area contributed by atoms with E-state index in [1.165, 1.54) is 28.4 Å². The number of aliphatic hydroxyl groups excluding tert-OH is 2. The molecule has 0 bridgehead atoms. The molecule has 0 radical (unpaired) electrons. The number of nitrogens with zero attached hydrogens (tertiary/aromatic N) is 1. The van der Waals surface area contributed by atoms with Crippen molar-refractivity contribution in [3.63, 3.8) is 0 Å². The summed E-state index contributed by atoms with van der Waals surface area (Å²) in [6.45, 7) is 3.73. The van der Waals surface area contributed by atoms with Gasteiger partial charge in [0.2, 0.25) is 17.7 Å². The number of hydrogen-bond donors (Lipinski definition) is 5. The minimum Gasteiger partial charge on any atom is -0.497 e. The molecule has 1 aliphatic heterocycles. The molecule has 13 heteroatoms. The molecule has 5 N–H and O–H groups in total. The average molecular weight is 735 g/mol. The van der Waals surface area contributed by atoms with Crippen LogP contribution in [0, 0.1) is 0 Å². The standard InChI is InChI=1S/C38H46N4O7S2/c1-38(2)34(36(47)41-32-27-13-9-8-12-25(27)20-30(32)43)42(22-51-38)37(48)33(45)28(18-23-10-6-5-7-11-23)40-35(46)29(21-50-4)39-31(44)19-24-14-16-26(49-3)17-15-24/h5-17,28-30,32-34,43,45H,18-22H2,1-4H3,(H,39,44)(H,40,46)(H,41,47)/t28-,29-,30+,32-,33-,34+/m0/s1. The van der Waals surface area contributed by atoms with Gasteiger partial charge >= 0.3 is 0 Å². The molecule has 11 nitrogen and oxygen atoms in total. The molecule has 0 unspecified atom stereocenters. The van der Waals surface area contributed by atoms with Gasteiger partial charge in [-0.1, -0.05) is 66.7 Å². The van der Waals surface area contributed by atoms with Crippen LogP contribution in [0.1, 0.15) is 42.1 Å². The average Bonchev–Trinajstić information content (AvgIpc) is 3.61.